The average molecular weight is 443 g/mol. The second-order valence-corrected chi connectivity index (χ2v) is 8.77. The molecule has 0 heterocycles. The van der Waals surface area contributed by atoms with Crippen molar-refractivity contribution >= 4 is 11.6 Å². The minimum atomic E-state index is -0.521. The standard InChI is InChI=1S/C32H26O2/c33-31(25-17-9-3-10-18-25)29-27(23-13-5-1-6-14-23)21-22-28(24-15-7-2-8-16-24)30(29)32(34)26-19-11-4-12-20-26/h1-22,27-30H/t27-,28+,29-,30+. The van der Waals surface area contributed by atoms with Crippen LogP contribution in [0, 0.1) is 11.8 Å². The highest BCUT2D eigenvalue weighted by atomic mass is 16.1. The summed E-state index contributed by atoms with van der Waals surface area (Å²) in [5.41, 5.74) is 3.37. The molecule has 0 amide bonds. The molecule has 4 aromatic rings. The van der Waals surface area contributed by atoms with Crippen molar-refractivity contribution in [3.8, 4) is 0 Å². The van der Waals surface area contributed by atoms with Gasteiger partial charge in [-0.3, -0.25) is 9.59 Å². The number of ketones is 2. The maximum atomic E-state index is 14.1. The van der Waals surface area contributed by atoms with Crippen LogP contribution in [0.1, 0.15) is 43.7 Å². The Kier molecular flexibility index (Phi) is 6.31. The van der Waals surface area contributed by atoms with E-state index in [1.54, 1.807) is 0 Å². The molecule has 0 saturated heterocycles. The fourth-order valence-corrected chi connectivity index (χ4v) is 5.16. The summed E-state index contributed by atoms with van der Waals surface area (Å²) in [5.74, 6) is -1.40. The highest BCUT2D eigenvalue weighted by Crippen LogP contribution is 2.47. The molecule has 0 unspecified atom stereocenters. The van der Waals surface area contributed by atoms with Crippen LogP contribution in [0.5, 0.6) is 0 Å². The summed E-state index contributed by atoms with van der Waals surface area (Å²) in [5, 5.41) is 0. The number of benzene rings is 4. The molecule has 1 aliphatic carbocycles. The van der Waals surface area contributed by atoms with E-state index < -0.39 is 11.8 Å². The lowest BCUT2D eigenvalue weighted by molar-refractivity contribution is 0.0724. The Labute approximate surface area is 200 Å². The second kappa shape index (κ2) is 9.84. The highest BCUT2D eigenvalue weighted by Gasteiger charge is 2.45. The van der Waals surface area contributed by atoms with E-state index in [2.05, 4.69) is 12.2 Å². The lowest BCUT2D eigenvalue weighted by atomic mass is 9.62. The molecule has 4 atom stereocenters. The zero-order valence-electron chi connectivity index (χ0n) is 18.8. The number of Topliss-reactive ketones (excluding diaryl/α,β-unsaturated/α-hetero) is 2. The third-order valence-corrected chi connectivity index (χ3v) is 6.78. The van der Waals surface area contributed by atoms with Crippen LogP contribution in [0.4, 0.5) is 0 Å². The molecular formula is C32H26O2. The van der Waals surface area contributed by atoms with Gasteiger partial charge in [-0.05, 0) is 11.1 Å². The summed E-state index contributed by atoms with van der Waals surface area (Å²) in [4.78, 5) is 28.2. The summed E-state index contributed by atoms with van der Waals surface area (Å²) in [6, 6.07) is 38.9. The van der Waals surface area contributed by atoms with E-state index in [9.17, 15) is 9.59 Å². The third-order valence-electron chi connectivity index (χ3n) is 6.78. The van der Waals surface area contributed by atoms with Crippen molar-refractivity contribution in [3.63, 3.8) is 0 Å². The Morgan fingerprint density at radius 3 is 1.03 bits per heavy atom. The summed E-state index contributed by atoms with van der Waals surface area (Å²) in [6.07, 6.45) is 4.26. The smallest absolute Gasteiger partial charge is 0.167 e. The number of carbonyl (C=O) groups excluding carboxylic acids is 2. The van der Waals surface area contributed by atoms with Gasteiger partial charge in [-0.2, -0.15) is 0 Å². The van der Waals surface area contributed by atoms with Crippen molar-refractivity contribution in [1.82, 2.24) is 0 Å². The van der Waals surface area contributed by atoms with Gasteiger partial charge in [0.2, 0.25) is 0 Å². The maximum absolute atomic E-state index is 14.1. The van der Waals surface area contributed by atoms with Gasteiger partial charge < -0.3 is 0 Å². The number of carbonyl (C=O) groups is 2. The molecule has 0 spiro atoms. The first-order valence-electron chi connectivity index (χ1n) is 11.7. The normalized spacial score (nSPS) is 21.6. The van der Waals surface area contributed by atoms with E-state index in [0.29, 0.717) is 11.1 Å². The van der Waals surface area contributed by atoms with E-state index in [1.165, 1.54) is 0 Å². The maximum Gasteiger partial charge on any atom is 0.167 e. The predicted octanol–water partition coefficient (Wildman–Crippen LogP) is 7.12. The predicted molar refractivity (Wildman–Crippen MR) is 136 cm³/mol. The van der Waals surface area contributed by atoms with Crippen molar-refractivity contribution in [1.29, 1.82) is 0 Å². The lowest BCUT2D eigenvalue weighted by Gasteiger charge is -2.38. The molecule has 166 valence electrons. The molecule has 0 fully saturated rings. The van der Waals surface area contributed by atoms with E-state index in [1.807, 2.05) is 121 Å². The summed E-state index contributed by atoms with van der Waals surface area (Å²) in [7, 11) is 0. The van der Waals surface area contributed by atoms with Crippen molar-refractivity contribution in [2.75, 3.05) is 0 Å². The largest absolute Gasteiger partial charge is 0.294 e. The fourth-order valence-electron chi connectivity index (χ4n) is 5.16. The Balaban J connectivity index is 1.70. The molecule has 0 N–H and O–H groups in total. The monoisotopic (exact) mass is 442 g/mol. The van der Waals surface area contributed by atoms with Gasteiger partial charge in [0.25, 0.3) is 0 Å². The van der Waals surface area contributed by atoms with Crippen LogP contribution in [-0.2, 0) is 0 Å². The first-order chi connectivity index (χ1) is 16.7. The Morgan fingerprint density at radius 2 is 0.706 bits per heavy atom. The van der Waals surface area contributed by atoms with E-state index in [-0.39, 0.29) is 23.4 Å². The third kappa shape index (κ3) is 4.27. The molecule has 0 aliphatic heterocycles. The molecule has 0 bridgehead atoms. The van der Waals surface area contributed by atoms with Crippen LogP contribution >= 0.6 is 0 Å². The van der Waals surface area contributed by atoms with Crippen LogP contribution in [0.25, 0.3) is 0 Å². The summed E-state index contributed by atoms with van der Waals surface area (Å²) < 4.78 is 0. The molecule has 0 radical (unpaired) electrons. The van der Waals surface area contributed by atoms with Gasteiger partial charge in [0.05, 0.1) is 0 Å². The quantitative estimate of drug-likeness (QED) is 0.235. The molecule has 0 saturated carbocycles. The Morgan fingerprint density at radius 1 is 0.412 bits per heavy atom. The minimum absolute atomic E-state index is 0.00835. The van der Waals surface area contributed by atoms with Crippen molar-refractivity contribution < 1.29 is 9.59 Å². The van der Waals surface area contributed by atoms with Crippen LogP contribution < -0.4 is 0 Å². The van der Waals surface area contributed by atoms with Gasteiger partial charge in [-0.25, -0.2) is 0 Å². The zero-order valence-corrected chi connectivity index (χ0v) is 18.8. The Hall–Kier alpha value is -4.04. The number of allylic oxidation sites excluding steroid dienone is 2. The molecule has 34 heavy (non-hydrogen) atoms. The van der Waals surface area contributed by atoms with Crippen LogP contribution in [0.2, 0.25) is 0 Å². The number of hydrogen-bond donors (Lipinski definition) is 0. The second-order valence-electron chi connectivity index (χ2n) is 8.77. The van der Waals surface area contributed by atoms with Crippen molar-refractivity contribution in [2.45, 2.75) is 11.8 Å². The number of hydrogen-bond acceptors (Lipinski definition) is 2. The molecule has 4 aromatic carbocycles. The SMILES string of the molecule is O=C(c1ccccc1)[C@@H]1[C@H](C(=O)c2ccccc2)[C@@H](c2ccccc2)C=C[C@H]1c1ccccc1. The average Bonchev–Trinajstić information content (AvgIpc) is 2.93. The van der Waals surface area contributed by atoms with Crippen molar-refractivity contribution in [3.05, 3.63) is 156 Å². The molecule has 2 nitrogen and oxygen atoms in total. The molecule has 1 aliphatic rings. The van der Waals surface area contributed by atoms with Crippen LogP contribution in [0.3, 0.4) is 0 Å². The molecular weight excluding hydrogens is 416 g/mol. The Bertz CT molecular complexity index is 1180. The van der Waals surface area contributed by atoms with Gasteiger partial charge in [-0.1, -0.05) is 133 Å². The fraction of sp³-hybridized carbons (Fsp3) is 0.125. The molecule has 5 rings (SSSR count). The van der Waals surface area contributed by atoms with Gasteiger partial charge in [0.15, 0.2) is 11.6 Å². The van der Waals surface area contributed by atoms with Gasteiger partial charge in [-0.15, -0.1) is 0 Å². The van der Waals surface area contributed by atoms with Crippen LogP contribution in [0.15, 0.2) is 133 Å². The first kappa shape index (κ1) is 21.8. The minimum Gasteiger partial charge on any atom is -0.294 e. The van der Waals surface area contributed by atoms with Crippen molar-refractivity contribution in [2.24, 2.45) is 11.8 Å². The molecule has 2 heteroatoms. The van der Waals surface area contributed by atoms with E-state index in [0.717, 1.165) is 11.1 Å². The van der Waals surface area contributed by atoms with E-state index >= 15 is 0 Å². The van der Waals surface area contributed by atoms with Crippen LogP contribution in [-0.4, -0.2) is 11.6 Å². The number of rotatable bonds is 6. The summed E-state index contributed by atoms with van der Waals surface area (Å²) in [6.45, 7) is 0. The lowest BCUT2D eigenvalue weighted by Crippen LogP contribution is -2.40. The van der Waals surface area contributed by atoms with Gasteiger partial charge in [0.1, 0.15) is 0 Å². The zero-order chi connectivity index (χ0) is 23.3. The van der Waals surface area contributed by atoms with Gasteiger partial charge >= 0.3 is 0 Å². The summed E-state index contributed by atoms with van der Waals surface area (Å²) >= 11 is 0. The van der Waals surface area contributed by atoms with Gasteiger partial charge in [0, 0.05) is 34.8 Å². The van der Waals surface area contributed by atoms with E-state index in [4.69, 9.17) is 0 Å². The highest BCUT2D eigenvalue weighted by molar-refractivity contribution is 6.06. The molecule has 0 aromatic heterocycles. The topological polar surface area (TPSA) is 34.1 Å². The first-order valence-corrected chi connectivity index (χ1v) is 11.7.